The van der Waals surface area contributed by atoms with Gasteiger partial charge in [0.15, 0.2) is 0 Å². The van der Waals surface area contributed by atoms with Crippen LogP contribution in [0.3, 0.4) is 0 Å². The van der Waals surface area contributed by atoms with Crippen molar-refractivity contribution < 1.29 is 13.2 Å². The summed E-state index contributed by atoms with van der Waals surface area (Å²) in [7, 11) is 0. The maximum Gasteiger partial charge on any atom is 0.392 e. The van der Waals surface area contributed by atoms with Gasteiger partial charge >= 0.3 is 6.18 Å². The molecule has 4 nitrogen and oxygen atoms in total. The average Bonchev–Trinajstić information content (AvgIpc) is 3.13. The molecular formula is C24H24ClF3N4. The van der Waals surface area contributed by atoms with Gasteiger partial charge in [0.1, 0.15) is 11.5 Å². The van der Waals surface area contributed by atoms with Gasteiger partial charge in [0.25, 0.3) is 0 Å². The molecule has 168 valence electrons. The molecule has 3 aromatic rings. The van der Waals surface area contributed by atoms with Gasteiger partial charge in [-0.25, -0.2) is 9.97 Å². The largest absolute Gasteiger partial charge is 0.392 e. The summed E-state index contributed by atoms with van der Waals surface area (Å²) in [4.78, 5) is 11.8. The van der Waals surface area contributed by atoms with E-state index in [2.05, 4.69) is 26.8 Å². The van der Waals surface area contributed by atoms with Crippen molar-refractivity contribution in [3.63, 3.8) is 0 Å². The topological polar surface area (TPSA) is 53.6 Å². The smallest absolute Gasteiger partial charge is 0.366 e. The maximum absolute atomic E-state index is 12.4. The number of alkyl halides is 3. The van der Waals surface area contributed by atoms with Gasteiger partial charge in [-0.15, -0.1) is 6.58 Å². The molecule has 0 aliphatic carbocycles. The molecule has 2 N–H and O–H groups in total. The standard InChI is InChI=1S/C24H24ClF3N4/c1-2-3-4-6-17(7-5-10-24(26,27)28)13-29-22-9-8-18(14-30-22)11-19-15-31-23-21(19)12-20(25)16-32-23/h2,5-9,12,14-16H,1,3-4,10-11,13H2,(H,29,30)(H,31,32)/b7-5-,17-6+. The van der Waals surface area contributed by atoms with Crippen molar-refractivity contribution in [3.8, 4) is 0 Å². The van der Waals surface area contributed by atoms with Crippen molar-refractivity contribution in [2.24, 2.45) is 0 Å². The van der Waals surface area contributed by atoms with Crippen LogP contribution < -0.4 is 5.32 Å². The van der Waals surface area contributed by atoms with Gasteiger partial charge in [0, 0.05) is 36.9 Å². The zero-order chi connectivity index (χ0) is 23.0. The molecule has 32 heavy (non-hydrogen) atoms. The van der Waals surface area contributed by atoms with Gasteiger partial charge in [-0.2, -0.15) is 13.2 Å². The monoisotopic (exact) mass is 460 g/mol. The number of H-pyrrole nitrogens is 1. The molecule has 3 aromatic heterocycles. The first kappa shape index (κ1) is 23.6. The number of anilines is 1. The number of unbranched alkanes of at least 4 members (excludes halogenated alkanes) is 1. The van der Waals surface area contributed by atoms with E-state index >= 15 is 0 Å². The lowest BCUT2D eigenvalue weighted by atomic mass is 10.1. The number of halogens is 4. The number of hydrogen-bond acceptors (Lipinski definition) is 3. The molecule has 0 amide bonds. The fraction of sp³-hybridized carbons (Fsp3) is 0.250. The zero-order valence-electron chi connectivity index (χ0n) is 17.4. The van der Waals surface area contributed by atoms with Crippen molar-refractivity contribution in [1.82, 2.24) is 15.0 Å². The molecule has 0 unspecified atom stereocenters. The first-order valence-corrected chi connectivity index (χ1v) is 10.6. The molecule has 0 aliphatic heterocycles. The highest BCUT2D eigenvalue weighted by atomic mass is 35.5. The number of aromatic amines is 1. The Morgan fingerprint density at radius 2 is 2.03 bits per heavy atom. The number of nitrogens with one attached hydrogen (secondary N) is 2. The van der Waals surface area contributed by atoms with Crippen molar-refractivity contribution in [2.45, 2.75) is 31.9 Å². The number of hydrogen-bond donors (Lipinski definition) is 2. The van der Waals surface area contributed by atoms with Gasteiger partial charge in [-0.3, -0.25) is 0 Å². The van der Waals surface area contributed by atoms with Crippen molar-refractivity contribution >= 4 is 28.5 Å². The molecule has 0 aliphatic rings. The van der Waals surface area contributed by atoms with E-state index in [9.17, 15) is 13.2 Å². The number of rotatable bonds is 10. The van der Waals surface area contributed by atoms with Crippen LogP contribution in [0.5, 0.6) is 0 Å². The highest BCUT2D eigenvalue weighted by Gasteiger charge is 2.24. The molecule has 0 atom stereocenters. The number of aromatic nitrogens is 3. The fourth-order valence-corrected chi connectivity index (χ4v) is 3.31. The predicted molar refractivity (Wildman–Crippen MR) is 124 cm³/mol. The summed E-state index contributed by atoms with van der Waals surface area (Å²) in [5.74, 6) is 0.649. The Hall–Kier alpha value is -3.06. The Bertz CT molecular complexity index is 1100. The van der Waals surface area contributed by atoms with Gasteiger partial charge in [-0.1, -0.05) is 42.0 Å². The van der Waals surface area contributed by atoms with Crippen LogP contribution in [0.15, 0.2) is 73.2 Å². The van der Waals surface area contributed by atoms with E-state index in [-0.39, 0.29) is 0 Å². The summed E-state index contributed by atoms with van der Waals surface area (Å²) in [6, 6.07) is 5.70. The first-order valence-electron chi connectivity index (χ1n) is 10.2. The predicted octanol–water partition coefficient (Wildman–Crippen LogP) is 7.02. The van der Waals surface area contributed by atoms with Gasteiger partial charge in [-0.05, 0) is 41.7 Å². The van der Waals surface area contributed by atoms with Crippen LogP contribution in [0.25, 0.3) is 11.0 Å². The number of fused-ring (bicyclic) bond motifs is 1. The van der Waals surface area contributed by atoms with E-state index in [1.165, 1.54) is 6.08 Å². The van der Waals surface area contributed by atoms with Crippen LogP contribution >= 0.6 is 11.6 Å². The lowest BCUT2D eigenvalue weighted by molar-refractivity contribution is -0.125. The Labute approximate surface area is 189 Å². The summed E-state index contributed by atoms with van der Waals surface area (Å²) in [5, 5.41) is 4.72. The number of pyridine rings is 2. The second kappa shape index (κ2) is 11.0. The molecule has 0 aromatic carbocycles. The van der Waals surface area contributed by atoms with Crippen molar-refractivity contribution in [3.05, 3.63) is 89.4 Å². The maximum atomic E-state index is 12.4. The summed E-state index contributed by atoms with van der Waals surface area (Å²) < 4.78 is 37.3. The number of nitrogens with zero attached hydrogens (tertiary/aromatic N) is 2. The third-order valence-corrected chi connectivity index (χ3v) is 4.94. The van der Waals surface area contributed by atoms with Crippen LogP contribution in [0.2, 0.25) is 5.02 Å². The van der Waals surface area contributed by atoms with Crippen LogP contribution in [0.1, 0.15) is 30.4 Å². The highest BCUT2D eigenvalue weighted by Crippen LogP contribution is 2.23. The number of allylic oxidation sites excluding steroid dienone is 3. The normalized spacial score (nSPS) is 12.6. The van der Waals surface area contributed by atoms with Gasteiger partial charge in [0.05, 0.1) is 11.4 Å². The SMILES string of the molecule is C=CCC/C=C(\C=C/CC(F)(F)F)CNc1ccc(Cc2c[nH]c3ncc(Cl)cc23)cn1. The van der Waals surface area contributed by atoms with E-state index in [0.717, 1.165) is 40.2 Å². The lowest BCUT2D eigenvalue weighted by Gasteiger charge is -2.08. The molecule has 0 spiro atoms. The Balaban J connectivity index is 1.62. The third-order valence-electron chi connectivity index (χ3n) is 4.73. The lowest BCUT2D eigenvalue weighted by Crippen LogP contribution is -2.07. The first-order chi connectivity index (χ1) is 15.3. The third kappa shape index (κ3) is 7.27. The molecule has 3 rings (SSSR count). The van der Waals surface area contributed by atoms with Crippen molar-refractivity contribution in [2.75, 3.05) is 11.9 Å². The summed E-state index contributed by atoms with van der Waals surface area (Å²) in [6.07, 6.45) is 8.61. The highest BCUT2D eigenvalue weighted by molar-refractivity contribution is 6.31. The Kier molecular flexibility index (Phi) is 8.11. The van der Waals surface area contributed by atoms with Crippen LogP contribution in [0, 0.1) is 0 Å². The molecule has 0 saturated carbocycles. The summed E-state index contributed by atoms with van der Waals surface area (Å²) >= 11 is 6.06. The van der Waals surface area contributed by atoms with Crippen molar-refractivity contribution in [1.29, 1.82) is 0 Å². The van der Waals surface area contributed by atoms with Crippen LogP contribution in [0.4, 0.5) is 19.0 Å². The molecule has 0 radical (unpaired) electrons. The minimum absolute atomic E-state index is 0.379. The molecule has 0 saturated heterocycles. The molecule has 0 bridgehead atoms. The molecule has 3 heterocycles. The Morgan fingerprint density at radius 3 is 2.75 bits per heavy atom. The Morgan fingerprint density at radius 1 is 1.19 bits per heavy atom. The summed E-state index contributed by atoms with van der Waals surface area (Å²) in [6.45, 7) is 4.05. The van der Waals surface area contributed by atoms with Crippen LogP contribution in [-0.2, 0) is 6.42 Å². The minimum atomic E-state index is -4.21. The quantitative estimate of drug-likeness (QED) is 0.194. The minimum Gasteiger partial charge on any atom is -0.366 e. The van der Waals surface area contributed by atoms with E-state index in [4.69, 9.17) is 11.6 Å². The fourth-order valence-electron chi connectivity index (χ4n) is 3.15. The van der Waals surface area contributed by atoms with E-state index in [1.807, 2.05) is 30.5 Å². The van der Waals surface area contributed by atoms with Gasteiger partial charge < -0.3 is 10.3 Å². The average molecular weight is 461 g/mol. The summed E-state index contributed by atoms with van der Waals surface area (Å²) in [5.41, 5.74) is 3.64. The molecular weight excluding hydrogens is 437 g/mol. The van der Waals surface area contributed by atoms with E-state index in [1.54, 1.807) is 18.5 Å². The second-order valence-corrected chi connectivity index (χ2v) is 7.75. The molecule has 0 fully saturated rings. The van der Waals surface area contributed by atoms with Crippen LogP contribution in [-0.4, -0.2) is 27.7 Å². The van der Waals surface area contributed by atoms with E-state index < -0.39 is 12.6 Å². The van der Waals surface area contributed by atoms with E-state index in [0.29, 0.717) is 30.2 Å². The molecule has 8 heteroatoms. The zero-order valence-corrected chi connectivity index (χ0v) is 18.2. The second-order valence-electron chi connectivity index (χ2n) is 7.31. The van der Waals surface area contributed by atoms with Gasteiger partial charge in [0.2, 0.25) is 0 Å².